The summed E-state index contributed by atoms with van der Waals surface area (Å²) in [6.07, 6.45) is 0. The Morgan fingerprint density at radius 3 is 2.30 bits per heavy atom. The van der Waals surface area contributed by atoms with Gasteiger partial charge in [-0.2, -0.15) is 0 Å². The largest absolute Gasteiger partial charge is 0.351 e. The van der Waals surface area contributed by atoms with Crippen molar-refractivity contribution in [3.63, 3.8) is 0 Å². The molecule has 0 saturated carbocycles. The smallest absolute Gasteiger partial charge is 0.251 e. The molecule has 130 valence electrons. The number of nitrogens with zero attached hydrogens (tertiary/aromatic N) is 2. The van der Waals surface area contributed by atoms with Crippen LogP contribution in [0.3, 0.4) is 0 Å². The maximum atomic E-state index is 12.3. The van der Waals surface area contributed by atoms with E-state index in [0.29, 0.717) is 12.1 Å². The van der Waals surface area contributed by atoms with Crippen LogP contribution in [-0.2, 0) is 10.0 Å². The maximum absolute atomic E-state index is 12.3. The summed E-state index contributed by atoms with van der Waals surface area (Å²) >= 11 is 0. The van der Waals surface area contributed by atoms with Gasteiger partial charge in [0.2, 0.25) is 10.0 Å². The summed E-state index contributed by atoms with van der Waals surface area (Å²) in [5, 5.41) is 2.88. The summed E-state index contributed by atoms with van der Waals surface area (Å²) in [5.41, 5.74) is 0.264. The molecular formula is C16H27N3O3S. The molecule has 0 aliphatic heterocycles. The maximum Gasteiger partial charge on any atom is 0.251 e. The van der Waals surface area contributed by atoms with E-state index in [1.807, 2.05) is 14.1 Å². The van der Waals surface area contributed by atoms with E-state index in [4.69, 9.17) is 0 Å². The topological polar surface area (TPSA) is 69.7 Å². The first-order valence-corrected chi connectivity index (χ1v) is 8.85. The molecule has 0 spiro atoms. The zero-order valence-corrected chi connectivity index (χ0v) is 15.6. The molecule has 0 aliphatic carbocycles. The molecular weight excluding hydrogens is 314 g/mol. The van der Waals surface area contributed by atoms with Gasteiger partial charge < -0.3 is 10.2 Å². The lowest BCUT2D eigenvalue weighted by Crippen LogP contribution is -2.40. The van der Waals surface area contributed by atoms with Gasteiger partial charge in [-0.3, -0.25) is 4.79 Å². The van der Waals surface area contributed by atoms with Crippen LogP contribution in [0.1, 0.15) is 24.2 Å². The van der Waals surface area contributed by atoms with Gasteiger partial charge in [-0.05, 0) is 37.7 Å². The zero-order chi connectivity index (χ0) is 17.8. The third kappa shape index (κ3) is 5.60. The highest BCUT2D eigenvalue weighted by atomic mass is 32.2. The van der Waals surface area contributed by atoms with Gasteiger partial charge in [0.25, 0.3) is 5.91 Å². The second-order valence-electron chi connectivity index (χ2n) is 6.90. The van der Waals surface area contributed by atoms with Crippen LogP contribution in [0.4, 0.5) is 0 Å². The predicted octanol–water partition coefficient (Wildman–Crippen LogP) is 1.25. The van der Waals surface area contributed by atoms with E-state index in [9.17, 15) is 13.2 Å². The number of carbonyl (C=O) groups is 1. The van der Waals surface area contributed by atoms with Crippen LogP contribution in [0.5, 0.6) is 0 Å². The third-order valence-corrected chi connectivity index (χ3v) is 5.16. The standard InChI is InChI=1S/C16H27N3O3S/c1-16(2,12-18(3)4)11-17-15(20)13-8-7-9-14(10-13)23(21,22)19(5)6/h7-10H,11-12H2,1-6H3,(H,17,20). The van der Waals surface area contributed by atoms with E-state index >= 15 is 0 Å². The van der Waals surface area contributed by atoms with Crippen molar-refractivity contribution >= 4 is 15.9 Å². The fraction of sp³-hybridized carbons (Fsp3) is 0.562. The fourth-order valence-corrected chi connectivity index (χ4v) is 3.29. The minimum Gasteiger partial charge on any atom is -0.351 e. The van der Waals surface area contributed by atoms with E-state index in [1.165, 1.54) is 26.2 Å². The van der Waals surface area contributed by atoms with Crippen molar-refractivity contribution < 1.29 is 13.2 Å². The molecule has 7 heteroatoms. The van der Waals surface area contributed by atoms with Crippen LogP contribution in [0.15, 0.2) is 29.2 Å². The van der Waals surface area contributed by atoms with Gasteiger partial charge in [0.15, 0.2) is 0 Å². The Morgan fingerprint density at radius 2 is 1.78 bits per heavy atom. The van der Waals surface area contributed by atoms with Gasteiger partial charge in [0.05, 0.1) is 4.90 Å². The molecule has 1 amide bonds. The number of rotatable bonds is 7. The number of benzene rings is 1. The highest BCUT2D eigenvalue weighted by molar-refractivity contribution is 7.89. The van der Waals surface area contributed by atoms with Crippen LogP contribution in [0, 0.1) is 5.41 Å². The Kier molecular flexibility index (Phi) is 6.33. The van der Waals surface area contributed by atoms with Crippen LogP contribution in [0.25, 0.3) is 0 Å². The molecule has 1 N–H and O–H groups in total. The number of hydrogen-bond donors (Lipinski definition) is 1. The first kappa shape index (κ1) is 19.6. The molecule has 0 bridgehead atoms. The monoisotopic (exact) mass is 341 g/mol. The van der Waals surface area contributed by atoms with Gasteiger partial charge in [-0.15, -0.1) is 0 Å². The summed E-state index contributed by atoms with van der Waals surface area (Å²) in [6, 6.07) is 6.09. The summed E-state index contributed by atoms with van der Waals surface area (Å²) in [6.45, 7) is 5.48. The van der Waals surface area contributed by atoms with E-state index in [2.05, 4.69) is 24.1 Å². The lowest BCUT2D eigenvalue weighted by Gasteiger charge is -2.28. The summed E-state index contributed by atoms with van der Waals surface area (Å²) < 4.78 is 25.4. The SMILES string of the molecule is CN(C)CC(C)(C)CNC(=O)c1cccc(S(=O)(=O)N(C)C)c1. The zero-order valence-electron chi connectivity index (χ0n) is 14.8. The second-order valence-corrected chi connectivity index (χ2v) is 9.05. The Labute approximate surface area is 139 Å². The second kappa shape index (κ2) is 7.42. The van der Waals surface area contributed by atoms with Gasteiger partial charge in [-0.25, -0.2) is 12.7 Å². The van der Waals surface area contributed by atoms with Crippen molar-refractivity contribution in [3.8, 4) is 0 Å². The van der Waals surface area contributed by atoms with Gasteiger partial charge >= 0.3 is 0 Å². The number of nitrogens with one attached hydrogen (secondary N) is 1. The van der Waals surface area contributed by atoms with Crippen LogP contribution < -0.4 is 5.32 Å². The van der Waals surface area contributed by atoms with Crippen molar-refractivity contribution in [1.29, 1.82) is 0 Å². The molecule has 23 heavy (non-hydrogen) atoms. The first-order chi connectivity index (χ1) is 10.5. The summed E-state index contributed by atoms with van der Waals surface area (Å²) in [7, 11) is 3.35. The van der Waals surface area contributed by atoms with E-state index < -0.39 is 10.0 Å². The average molecular weight is 341 g/mol. The minimum atomic E-state index is -3.55. The molecule has 0 radical (unpaired) electrons. The molecule has 1 rings (SSSR count). The quantitative estimate of drug-likeness (QED) is 0.810. The minimum absolute atomic E-state index is 0.0769. The number of carbonyl (C=O) groups excluding carboxylic acids is 1. The Hall–Kier alpha value is -1.44. The van der Waals surface area contributed by atoms with Crippen molar-refractivity contribution in [1.82, 2.24) is 14.5 Å². The number of sulfonamides is 1. The lowest BCUT2D eigenvalue weighted by atomic mass is 9.93. The number of amides is 1. The normalized spacial score (nSPS) is 12.7. The van der Waals surface area contributed by atoms with E-state index in [-0.39, 0.29) is 16.2 Å². The van der Waals surface area contributed by atoms with Crippen molar-refractivity contribution in [2.24, 2.45) is 5.41 Å². The summed E-state index contributed by atoms with van der Waals surface area (Å²) in [5.74, 6) is -0.271. The first-order valence-electron chi connectivity index (χ1n) is 7.41. The molecule has 0 fully saturated rings. The molecule has 6 nitrogen and oxygen atoms in total. The average Bonchev–Trinajstić information content (AvgIpc) is 2.43. The third-order valence-electron chi connectivity index (χ3n) is 3.35. The number of hydrogen-bond acceptors (Lipinski definition) is 4. The summed E-state index contributed by atoms with van der Waals surface area (Å²) in [4.78, 5) is 14.5. The lowest BCUT2D eigenvalue weighted by molar-refractivity contribution is 0.0929. The van der Waals surface area contributed by atoms with E-state index in [1.54, 1.807) is 12.1 Å². The molecule has 0 aromatic heterocycles. The molecule has 0 unspecified atom stereocenters. The predicted molar refractivity (Wildman–Crippen MR) is 92.0 cm³/mol. The molecule has 1 aromatic carbocycles. The van der Waals surface area contributed by atoms with Crippen LogP contribution in [0.2, 0.25) is 0 Å². The van der Waals surface area contributed by atoms with Crippen molar-refractivity contribution in [3.05, 3.63) is 29.8 Å². The molecule has 1 aromatic rings. The molecule has 0 atom stereocenters. The van der Waals surface area contributed by atoms with Gasteiger partial charge in [0, 0.05) is 32.7 Å². The van der Waals surface area contributed by atoms with Crippen LogP contribution in [-0.4, -0.2) is 64.8 Å². The van der Waals surface area contributed by atoms with Gasteiger partial charge in [-0.1, -0.05) is 19.9 Å². The Morgan fingerprint density at radius 1 is 1.17 bits per heavy atom. The van der Waals surface area contributed by atoms with E-state index in [0.717, 1.165) is 10.8 Å². The highest BCUT2D eigenvalue weighted by Crippen LogP contribution is 2.17. The van der Waals surface area contributed by atoms with Gasteiger partial charge in [0.1, 0.15) is 0 Å². The van der Waals surface area contributed by atoms with Crippen molar-refractivity contribution in [2.75, 3.05) is 41.3 Å². The Balaban J connectivity index is 2.86. The highest BCUT2D eigenvalue weighted by Gasteiger charge is 2.22. The van der Waals surface area contributed by atoms with Crippen LogP contribution >= 0.6 is 0 Å². The molecule has 0 heterocycles. The fourth-order valence-electron chi connectivity index (χ4n) is 2.34. The molecule has 0 saturated heterocycles. The van der Waals surface area contributed by atoms with Crippen molar-refractivity contribution in [2.45, 2.75) is 18.7 Å². The molecule has 0 aliphatic rings. The Bertz CT molecular complexity index is 652.